The molecule has 0 spiro atoms. The van der Waals surface area contributed by atoms with E-state index >= 15 is 0 Å². The fraction of sp³-hybridized carbons (Fsp3) is 0.0714. The molecule has 0 aliphatic carbocycles. The van der Waals surface area contributed by atoms with Gasteiger partial charge in [0.25, 0.3) is 5.69 Å². The van der Waals surface area contributed by atoms with E-state index in [2.05, 4.69) is 0 Å². The van der Waals surface area contributed by atoms with E-state index in [4.69, 9.17) is 9.47 Å². The van der Waals surface area contributed by atoms with Gasteiger partial charge in [-0.05, 0) is 18.2 Å². The molecule has 0 amide bonds. The maximum absolute atomic E-state index is 13.3. The number of non-ortho nitro benzene ring substituents is 1. The Balaban J connectivity index is 2.37. The second-order valence-electron chi connectivity index (χ2n) is 4.03. The molecule has 0 radical (unpaired) electrons. The van der Waals surface area contributed by atoms with Gasteiger partial charge in [0, 0.05) is 17.7 Å². The predicted octanol–water partition coefficient (Wildman–Crippen LogP) is 3.35. The zero-order valence-electron chi connectivity index (χ0n) is 10.9. The van der Waals surface area contributed by atoms with Crippen LogP contribution in [-0.2, 0) is 0 Å². The Labute approximate surface area is 118 Å². The molecule has 108 valence electrons. The number of carbonyl (C=O) groups is 1. The molecular formula is C14H10FNO5. The summed E-state index contributed by atoms with van der Waals surface area (Å²) in [5.74, 6) is -0.244. The van der Waals surface area contributed by atoms with Crippen molar-refractivity contribution in [2.45, 2.75) is 0 Å². The van der Waals surface area contributed by atoms with E-state index in [0.717, 1.165) is 12.1 Å². The van der Waals surface area contributed by atoms with Gasteiger partial charge >= 0.3 is 0 Å². The summed E-state index contributed by atoms with van der Waals surface area (Å²) in [6.45, 7) is 0. The fourth-order valence-electron chi connectivity index (χ4n) is 1.69. The first-order chi connectivity index (χ1) is 10.0. The molecule has 21 heavy (non-hydrogen) atoms. The highest BCUT2D eigenvalue weighted by molar-refractivity contribution is 5.75. The summed E-state index contributed by atoms with van der Waals surface area (Å²) in [7, 11) is 1.33. The number of hydrogen-bond donors (Lipinski definition) is 0. The summed E-state index contributed by atoms with van der Waals surface area (Å²) in [4.78, 5) is 20.8. The molecule has 0 fully saturated rings. The van der Waals surface area contributed by atoms with E-state index in [1.165, 1.54) is 31.4 Å². The lowest BCUT2D eigenvalue weighted by Crippen LogP contribution is -1.94. The number of halogens is 1. The van der Waals surface area contributed by atoms with Crippen molar-refractivity contribution in [2.24, 2.45) is 0 Å². The van der Waals surface area contributed by atoms with Gasteiger partial charge in [-0.3, -0.25) is 14.9 Å². The smallest absolute Gasteiger partial charge is 0.273 e. The minimum atomic E-state index is -0.629. The molecule has 0 atom stereocenters. The zero-order valence-corrected chi connectivity index (χ0v) is 10.9. The maximum atomic E-state index is 13.3. The molecule has 0 aliphatic heterocycles. The SMILES string of the molecule is COc1cc([N+](=O)[O-])ccc1Oc1cc(F)cc(C=O)c1. The fourth-order valence-corrected chi connectivity index (χ4v) is 1.69. The molecule has 2 aromatic rings. The summed E-state index contributed by atoms with van der Waals surface area (Å²) in [6, 6.07) is 7.26. The minimum absolute atomic E-state index is 0.0873. The van der Waals surface area contributed by atoms with Crippen LogP contribution in [0.3, 0.4) is 0 Å². The number of benzene rings is 2. The Kier molecular flexibility index (Phi) is 4.13. The van der Waals surface area contributed by atoms with Gasteiger partial charge in [-0.1, -0.05) is 0 Å². The van der Waals surface area contributed by atoms with Crippen LogP contribution in [0.4, 0.5) is 10.1 Å². The van der Waals surface area contributed by atoms with Crippen LogP contribution in [0.15, 0.2) is 36.4 Å². The number of ether oxygens (including phenoxy) is 2. The molecule has 0 aromatic heterocycles. The van der Waals surface area contributed by atoms with E-state index in [1.807, 2.05) is 0 Å². The first kappa shape index (κ1) is 14.4. The van der Waals surface area contributed by atoms with Gasteiger partial charge in [-0.2, -0.15) is 0 Å². The third kappa shape index (κ3) is 3.33. The summed E-state index contributed by atoms with van der Waals surface area (Å²) in [5, 5.41) is 10.7. The van der Waals surface area contributed by atoms with Gasteiger partial charge in [-0.15, -0.1) is 0 Å². The van der Waals surface area contributed by atoms with Crippen molar-refractivity contribution < 1.29 is 23.6 Å². The Morgan fingerprint density at radius 1 is 1.19 bits per heavy atom. The molecule has 0 bridgehead atoms. The van der Waals surface area contributed by atoms with Crippen molar-refractivity contribution >= 4 is 12.0 Å². The van der Waals surface area contributed by atoms with Crippen LogP contribution in [0.25, 0.3) is 0 Å². The molecule has 7 heteroatoms. The quantitative estimate of drug-likeness (QED) is 0.479. The van der Waals surface area contributed by atoms with Crippen LogP contribution in [-0.4, -0.2) is 18.3 Å². The minimum Gasteiger partial charge on any atom is -0.493 e. The van der Waals surface area contributed by atoms with Crippen LogP contribution in [0, 0.1) is 15.9 Å². The average molecular weight is 291 g/mol. The van der Waals surface area contributed by atoms with E-state index in [-0.39, 0.29) is 28.5 Å². The average Bonchev–Trinajstić information content (AvgIpc) is 2.46. The maximum Gasteiger partial charge on any atom is 0.273 e. The van der Waals surface area contributed by atoms with Crippen LogP contribution in [0.2, 0.25) is 0 Å². The van der Waals surface area contributed by atoms with Crippen molar-refractivity contribution in [3.05, 3.63) is 57.9 Å². The van der Waals surface area contributed by atoms with Gasteiger partial charge < -0.3 is 9.47 Å². The summed E-state index contributed by atoms with van der Waals surface area (Å²) < 4.78 is 23.7. The molecule has 0 aliphatic rings. The Bertz CT molecular complexity index is 702. The number of hydrogen-bond acceptors (Lipinski definition) is 5. The van der Waals surface area contributed by atoms with Crippen molar-refractivity contribution in [1.82, 2.24) is 0 Å². The number of nitrogens with zero attached hydrogens (tertiary/aromatic N) is 1. The molecule has 0 saturated heterocycles. The Morgan fingerprint density at radius 3 is 2.57 bits per heavy atom. The number of rotatable bonds is 5. The lowest BCUT2D eigenvalue weighted by molar-refractivity contribution is -0.384. The Morgan fingerprint density at radius 2 is 1.95 bits per heavy atom. The second kappa shape index (κ2) is 6.00. The topological polar surface area (TPSA) is 78.7 Å². The van der Waals surface area contributed by atoms with Gasteiger partial charge in [0.05, 0.1) is 18.1 Å². The van der Waals surface area contributed by atoms with Crippen molar-refractivity contribution in [1.29, 1.82) is 0 Å². The van der Waals surface area contributed by atoms with Gasteiger partial charge in [-0.25, -0.2) is 4.39 Å². The lowest BCUT2D eigenvalue weighted by Gasteiger charge is -2.10. The predicted molar refractivity (Wildman–Crippen MR) is 71.5 cm³/mol. The van der Waals surface area contributed by atoms with Gasteiger partial charge in [0.15, 0.2) is 11.5 Å². The number of methoxy groups -OCH3 is 1. The normalized spacial score (nSPS) is 10.0. The number of nitro groups is 1. The molecule has 0 N–H and O–H groups in total. The number of nitro benzene ring substituents is 1. The monoisotopic (exact) mass is 291 g/mol. The second-order valence-corrected chi connectivity index (χ2v) is 4.03. The van der Waals surface area contributed by atoms with Crippen LogP contribution in [0.1, 0.15) is 10.4 Å². The van der Waals surface area contributed by atoms with E-state index in [9.17, 15) is 19.3 Å². The van der Waals surface area contributed by atoms with Gasteiger partial charge in [0.2, 0.25) is 0 Å². The largest absolute Gasteiger partial charge is 0.493 e. The highest BCUT2D eigenvalue weighted by Crippen LogP contribution is 2.34. The van der Waals surface area contributed by atoms with Crippen molar-refractivity contribution in [3.63, 3.8) is 0 Å². The highest BCUT2D eigenvalue weighted by Gasteiger charge is 2.13. The highest BCUT2D eigenvalue weighted by atomic mass is 19.1. The molecule has 2 aromatic carbocycles. The molecule has 2 rings (SSSR count). The van der Waals surface area contributed by atoms with Crippen LogP contribution < -0.4 is 9.47 Å². The first-order valence-electron chi connectivity index (χ1n) is 5.79. The summed E-state index contributed by atoms with van der Waals surface area (Å²) >= 11 is 0. The van der Waals surface area contributed by atoms with Crippen LogP contribution in [0.5, 0.6) is 17.2 Å². The van der Waals surface area contributed by atoms with Gasteiger partial charge in [0.1, 0.15) is 17.9 Å². The molecule has 0 heterocycles. The molecular weight excluding hydrogens is 281 g/mol. The molecule has 6 nitrogen and oxygen atoms in total. The van der Waals surface area contributed by atoms with E-state index < -0.39 is 10.7 Å². The first-order valence-corrected chi connectivity index (χ1v) is 5.79. The zero-order chi connectivity index (χ0) is 15.4. The van der Waals surface area contributed by atoms with Crippen molar-refractivity contribution in [3.8, 4) is 17.2 Å². The summed E-state index contributed by atoms with van der Waals surface area (Å²) in [6.07, 6.45) is 0.489. The lowest BCUT2D eigenvalue weighted by atomic mass is 10.2. The standard InChI is InChI=1S/C14H10FNO5/c1-20-14-7-11(16(18)19)2-3-13(14)21-12-5-9(8-17)4-10(15)6-12/h2-8H,1H3. The van der Waals surface area contributed by atoms with E-state index in [1.54, 1.807) is 0 Å². The van der Waals surface area contributed by atoms with Crippen LogP contribution >= 0.6 is 0 Å². The third-order valence-electron chi connectivity index (χ3n) is 2.62. The molecule has 0 unspecified atom stereocenters. The summed E-state index contributed by atoms with van der Waals surface area (Å²) in [5.41, 5.74) is -0.0436. The third-order valence-corrected chi connectivity index (χ3v) is 2.62. The number of carbonyl (C=O) groups excluding carboxylic acids is 1. The molecule has 0 saturated carbocycles. The Hall–Kier alpha value is -2.96. The van der Waals surface area contributed by atoms with E-state index in [0.29, 0.717) is 6.29 Å². The number of aldehydes is 1. The van der Waals surface area contributed by atoms with Crippen molar-refractivity contribution in [2.75, 3.05) is 7.11 Å².